The van der Waals surface area contributed by atoms with Gasteiger partial charge in [-0.3, -0.25) is 20.2 Å². The summed E-state index contributed by atoms with van der Waals surface area (Å²) in [6.45, 7) is 2.00. The van der Waals surface area contributed by atoms with Crippen molar-refractivity contribution in [3.8, 4) is 33.8 Å². The molecule has 0 saturated carbocycles. The molecule has 0 fully saturated rings. The molecule has 0 amide bonds. The molecule has 0 N–H and O–H groups in total. The Hall–Kier alpha value is -4.29. The van der Waals surface area contributed by atoms with E-state index in [9.17, 15) is 25.0 Å². The van der Waals surface area contributed by atoms with Gasteiger partial charge < -0.3 is 19.3 Å². The van der Waals surface area contributed by atoms with Gasteiger partial charge in [0.2, 0.25) is 11.5 Å². The van der Waals surface area contributed by atoms with Crippen LogP contribution in [0.25, 0.3) is 22.3 Å². The van der Waals surface area contributed by atoms with Crippen molar-refractivity contribution in [2.45, 2.75) is 0 Å². The average molecular weight is 736 g/mol. The number of carbonyl (C=O) groups is 1. The predicted molar refractivity (Wildman–Crippen MR) is 191 cm³/mol. The monoisotopic (exact) mass is 734 g/mol. The lowest BCUT2D eigenvalue weighted by Crippen LogP contribution is -2.28. The summed E-state index contributed by atoms with van der Waals surface area (Å²) in [6.07, 6.45) is -1.40. The highest BCUT2D eigenvalue weighted by atomic mass is 35.5. The molecule has 48 heavy (non-hydrogen) atoms. The Morgan fingerprint density at radius 2 is 0.938 bits per heavy atom. The van der Waals surface area contributed by atoms with Crippen LogP contribution in [0.1, 0.15) is 0 Å². The number of alkyl halides is 4. The summed E-state index contributed by atoms with van der Waals surface area (Å²) in [7, 11) is 0. The zero-order valence-corrected chi connectivity index (χ0v) is 28.4. The Kier molecular flexibility index (Phi) is 13.5. The van der Waals surface area contributed by atoms with Crippen LogP contribution >= 0.6 is 46.4 Å². The number of ether oxygens (including phenoxy) is 2. The molecule has 4 rings (SSSR count). The minimum atomic E-state index is -1.40. The molecule has 0 unspecified atom stereocenters. The molecule has 0 spiro atoms. The topological polar surface area (TPSA) is 128 Å². The lowest BCUT2D eigenvalue weighted by atomic mass is 10.0. The number of para-hydroxylation sites is 2. The summed E-state index contributed by atoms with van der Waals surface area (Å²) in [5, 5.41) is 24.1. The normalized spacial score (nSPS) is 10.8. The molecule has 0 radical (unpaired) electrons. The lowest BCUT2D eigenvalue weighted by Gasteiger charge is -2.25. The summed E-state index contributed by atoms with van der Waals surface area (Å²) in [5.74, 6) is 0.562. The number of nitrogens with zero attached hydrogens (tertiary/aromatic N) is 4. The molecule has 4 aromatic carbocycles. The van der Waals surface area contributed by atoms with Crippen LogP contribution in [0.3, 0.4) is 0 Å². The van der Waals surface area contributed by atoms with Crippen LogP contribution in [-0.4, -0.2) is 65.7 Å². The van der Waals surface area contributed by atoms with E-state index >= 15 is 0 Å². The zero-order chi connectivity index (χ0) is 34.6. The Morgan fingerprint density at radius 3 is 1.27 bits per heavy atom. The minimum Gasteiger partial charge on any atom is -0.387 e. The first kappa shape index (κ1) is 36.5. The first-order chi connectivity index (χ1) is 23.2. The van der Waals surface area contributed by atoms with Crippen molar-refractivity contribution >= 4 is 75.3 Å². The standard InChI is InChI=1S/C33H30Cl4N4O7/c34-13-17-38(18-14-35)27-7-3-1-5-25(27)23-9-11-31(29(21-23)40(43)44)47-33(42)48-32-12-10-24(22-30(32)41(45)46)26-6-2-4-8-28(26)39(19-15-36)20-16-37/h1-12,21-22H,13-20H2. The van der Waals surface area contributed by atoms with Crippen molar-refractivity contribution in [2.24, 2.45) is 0 Å². The third-order valence-corrected chi connectivity index (χ3v) is 7.90. The Bertz CT molecular complexity index is 1620. The van der Waals surface area contributed by atoms with Crippen LogP contribution in [0.5, 0.6) is 11.5 Å². The van der Waals surface area contributed by atoms with E-state index in [1.165, 1.54) is 24.3 Å². The van der Waals surface area contributed by atoms with Crippen LogP contribution in [0.4, 0.5) is 27.5 Å². The van der Waals surface area contributed by atoms with E-state index in [2.05, 4.69) is 0 Å². The van der Waals surface area contributed by atoms with Crippen molar-refractivity contribution in [3.63, 3.8) is 0 Å². The molecule has 252 valence electrons. The number of nitro benzene ring substituents is 2. The number of hydrogen-bond acceptors (Lipinski definition) is 9. The molecule has 0 aliphatic rings. The predicted octanol–water partition coefficient (Wildman–Crippen LogP) is 8.98. The van der Waals surface area contributed by atoms with Gasteiger partial charge in [0.1, 0.15) is 0 Å². The molecule has 11 nitrogen and oxygen atoms in total. The number of anilines is 2. The number of hydrogen-bond donors (Lipinski definition) is 0. The molecule has 4 aromatic rings. The first-order valence-electron chi connectivity index (χ1n) is 14.6. The summed E-state index contributed by atoms with van der Waals surface area (Å²) >= 11 is 24.0. The van der Waals surface area contributed by atoms with Gasteiger partial charge in [-0.05, 0) is 35.4 Å². The minimum absolute atomic E-state index is 0.343. The van der Waals surface area contributed by atoms with Gasteiger partial charge in [0.05, 0.1) is 9.85 Å². The second kappa shape index (κ2) is 17.7. The maximum Gasteiger partial charge on any atom is 0.519 e. The van der Waals surface area contributed by atoms with Gasteiger partial charge >= 0.3 is 17.5 Å². The fraction of sp³-hybridized carbons (Fsp3) is 0.242. The summed E-state index contributed by atoms with van der Waals surface area (Å²) in [4.78, 5) is 39.5. The van der Waals surface area contributed by atoms with Gasteiger partial charge in [-0.2, -0.15) is 0 Å². The van der Waals surface area contributed by atoms with E-state index in [1.54, 1.807) is 36.4 Å². The lowest BCUT2D eigenvalue weighted by molar-refractivity contribution is -0.385. The number of benzene rings is 4. The third-order valence-electron chi connectivity index (χ3n) is 7.23. The Labute approximate surface area is 296 Å². The van der Waals surface area contributed by atoms with Crippen molar-refractivity contribution in [1.82, 2.24) is 0 Å². The highest BCUT2D eigenvalue weighted by molar-refractivity contribution is 6.19. The van der Waals surface area contributed by atoms with Gasteiger partial charge in [-0.1, -0.05) is 48.5 Å². The second-order valence-corrected chi connectivity index (χ2v) is 11.6. The van der Waals surface area contributed by atoms with Gasteiger partial charge in [0.15, 0.2) is 0 Å². The smallest absolute Gasteiger partial charge is 0.387 e. The summed E-state index contributed by atoms with van der Waals surface area (Å²) in [6, 6.07) is 22.7. The van der Waals surface area contributed by atoms with Crippen molar-refractivity contribution < 1.29 is 24.1 Å². The second-order valence-electron chi connectivity index (χ2n) is 10.1. The van der Waals surface area contributed by atoms with Gasteiger partial charge in [0, 0.05) is 84.3 Å². The highest BCUT2D eigenvalue weighted by Gasteiger charge is 2.25. The maximum absolute atomic E-state index is 12.9. The van der Waals surface area contributed by atoms with Crippen LogP contribution in [-0.2, 0) is 0 Å². The number of rotatable bonds is 16. The number of nitro groups is 2. The molecule has 0 aliphatic heterocycles. The van der Waals surface area contributed by atoms with Crippen molar-refractivity contribution in [3.05, 3.63) is 105 Å². The fourth-order valence-corrected chi connectivity index (χ4v) is 5.94. The van der Waals surface area contributed by atoms with Crippen molar-refractivity contribution in [2.75, 3.05) is 59.5 Å². The first-order valence-corrected chi connectivity index (χ1v) is 16.7. The molecular formula is C33H30Cl4N4O7. The molecule has 0 saturated heterocycles. The fourth-order valence-electron chi connectivity index (χ4n) is 5.13. The van der Waals surface area contributed by atoms with E-state index in [4.69, 9.17) is 55.9 Å². The van der Waals surface area contributed by atoms with Gasteiger partial charge in [-0.25, -0.2) is 4.79 Å². The molecule has 0 bridgehead atoms. The number of carbonyl (C=O) groups excluding carboxylic acids is 1. The number of halogens is 4. The maximum atomic E-state index is 12.9. The van der Waals surface area contributed by atoms with E-state index in [0.717, 1.165) is 11.4 Å². The van der Waals surface area contributed by atoms with Gasteiger partial charge in [-0.15, -0.1) is 46.4 Å². The molecule has 0 atom stereocenters. The van der Waals surface area contributed by atoms with Crippen LogP contribution in [0.2, 0.25) is 0 Å². The van der Waals surface area contributed by atoms with E-state index in [-0.39, 0.29) is 0 Å². The van der Waals surface area contributed by atoms with E-state index in [1.807, 2.05) is 34.1 Å². The zero-order valence-electron chi connectivity index (χ0n) is 25.4. The molecule has 0 aliphatic carbocycles. The highest BCUT2D eigenvalue weighted by Crippen LogP contribution is 2.39. The van der Waals surface area contributed by atoms with E-state index < -0.39 is 38.9 Å². The molecule has 0 heterocycles. The largest absolute Gasteiger partial charge is 0.519 e. The Balaban J connectivity index is 1.62. The SMILES string of the molecule is O=C(Oc1ccc(-c2ccccc2N(CCCl)CCCl)cc1[N+](=O)[O-])Oc1ccc(-c2ccccc2N(CCCl)CCCl)cc1[N+](=O)[O-]. The van der Waals surface area contributed by atoms with Crippen LogP contribution in [0.15, 0.2) is 84.9 Å². The third kappa shape index (κ3) is 8.99. The summed E-state index contributed by atoms with van der Waals surface area (Å²) < 4.78 is 10.4. The summed E-state index contributed by atoms with van der Waals surface area (Å²) in [5.41, 5.74) is 2.83. The van der Waals surface area contributed by atoms with Crippen LogP contribution < -0.4 is 19.3 Å². The average Bonchev–Trinajstić information content (AvgIpc) is 3.08. The Morgan fingerprint density at radius 1 is 0.583 bits per heavy atom. The molecule has 0 aromatic heterocycles. The molecular weight excluding hydrogens is 706 g/mol. The van der Waals surface area contributed by atoms with E-state index in [0.29, 0.717) is 72.0 Å². The van der Waals surface area contributed by atoms with Crippen LogP contribution in [0, 0.1) is 20.2 Å². The van der Waals surface area contributed by atoms with Gasteiger partial charge in [0.25, 0.3) is 0 Å². The quantitative estimate of drug-likeness (QED) is 0.0364. The van der Waals surface area contributed by atoms with Crippen molar-refractivity contribution in [1.29, 1.82) is 0 Å². The molecule has 15 heteroatoms.